The standard InChI is InChI=1S/C5H8O2S/c1-3-4(2)5(6)7-8/h3,8H,1-2H3. The summed E-state index contributed by atoms with van der Waals surface area (Å²) >= 11 is 3.32. The van der Waals surface area contributed by atoms with Gasteiger partial charge in [0.05, 0.1) is 0 Å². The van der Waals surface area contributed by atoms with Crippen molar-refractivity contribution in [1.29, 1.82) is 0 Å². The molecule has 0 aromatic rings. The summed E-state index contributed by atoms with van der Waals surface area (Å²) in [6.07, 6.45) is 1.67. The van der Waals surface area contributed by atoms with Gasteiger partial charge in [-0.05, 0) is 13.8 Å². The molecule has 0 aliphatic rings. The van der Waals surface area contributed by atoms with Gasteiger partial charge in [0.25, 0.3) is 0 Å². The lowest BCUT2D eigenvalue weighted by Crippen LogP contribution is -1.96. The molecule has 0 heterocycles. The number of carbonyl (C=O) groups excluding carboxylic acids is 1. The zero-order chi connectivity index (χ0) is 6.57. The summed E-state index contributed by atoms with van der Waals surface area (Å²) in [5.41, 5.74) is 0.569. The number of hydrogen-bond donors (Lipinski definition) is 1. The number of rotatable bonds is 1. The number of allylic oxidation sites excluding steroid dienone is 1. The second-order valence-corrected chi connectivity index (χ2v) is 1.53. The molecule has 0 N–H and O–H groups in total. The molecule has 0 spiro atoms. The molecule has 0 fully saturated rings. The monoisotopic (exact) mass is 132 g/mol. The van der Waals surface area contributed by atoms with Gasteiger partial charge in [0.1, 0.15) is 0 Å². The summed E-state index contributed by atoms with van der Waals surface area (Å²) in [4.78, 5) is 10.4. The third-order valence-corrected chi connectivity index (χ3v) is 1.00. The molecular weight excluding hydrogens is 124 g/mol. The Labute approximate surface area is 54.1 Å². The van der Waals surface area contributed by atoms with E-state index in [1.807, 2.05) is 0 Å². The maximum atomic E-state index is 10.4. The van der Waals surface area contributed by atoms with Crippen LogP contribution < -0.4 is 0 Å². The fourth-order valence-corrected chi connectivity index (χ4v) is 0.334. The summed E-state index contributed by atoms with van der Waals surface area (Å²) in [5, 5.41) is 0. The molecule has 0 unspecified atom stereocenters. The quantitative estimate of drug-likeness (QED) is 0.331. The van der Waals surface area contributed by atoms with Crippen molar-refractivity contribution < 1.29 is 8.98 Å². The molecule has 0 saturated heterocycles. The second-order valence-electron chi connectivity index (χ2n) is 1.35. The fourth-order valence-electron chi connectivity index (χ4n) is 0.190. The summed E-state index contributed by atoms with van der Waals surface area (Å²) in [5.74, 6) is -0.393. The van der Waals surface area contributed by atoms with Crippen molar-refractivity contribution in [2.45, 2.75) is 13.8 Å². The van der Waals surface area contributed by atoms with E-state index in [1.54, 1.807) is 19.9 Å². The number of thiol groups is 1. The molecule has 0 rings (SSSR count). The predicted octanol–water partition coefficient (Wildman–Crippen LogP) is 1.34. The molecule has 0 aromatic heterocycles. The van der Waals surface area contributed by atoms with Gasteiger partial charge in [0, 0.05) is 18.5 Å². The molecule has 0 radical (unpaired) electrons. The van der Waals surface area contributed by atoms with Crippen LogP contribution in [-0.2, 0) is 8.98 Å². The average Bonchev–Trinajstić information content (AvgIpc) is 1.84. The Morgan fingerprint density at radius 2 is 2.25 bits per heavy atom. The van der Waals surface area contributed by atoms with Crippen LogP contribution in [0.3, 0.4) is 0 Å². The zero-order valence-electron chi connectivity index (χ0n) is 4.84. The van der Waals surface area contributed by atoms with E-state index in [0.29, 0.717) is 5.57 Å². The first-order chi connectivity index (χ1) is 3.72. The van der Waals surface area contributed by atoms with E-state index in [2.05, 4.69) is 17.1 Å². The minimum absolute atomic E-state index is 0.393. The van der Waals surface area contributed by atoms with Crippen LogP contribution in [0.4, 0.5) is 0 Å². The van der Waals surface area contributed by atoms with Gasteiger partial charge in [-0.2, -0.15) is 0 Å². The Balaban J connectivity index is 3.83. The molecular formula is C5H8O2S. The Morgan fingerprint density at radius 3 is 2.38 bits per heavy atom. The number of carbonyl (C=O) groups is 1. The largest absolute Gasteiger partial charge is 0.391 e. The minimum atomic E-state index is -0.393. The van der Waals surface area contributed by atoms with Crippen molar-refractivity contribution in [2.24, 2.45) is 0 Å². The highest BCUT2D eigenvalue weighted by Crippen LogP contribution is 1.95. The highest BCUT2D eigenvalue weighted by atomic mass is 32.1. The summed E-state index contributed by atoms with van der Waals surface area (Å²) in [6.45, 7) is 3.43. The smallest absolute Gasteiger partial charge is 0.345 e. The van der Waals surface area contributed by atoms with Crippen molar-refractivity contribution >= 4 is 18.9 Å². The highest BCUT2D eigenvalue weighted by Gasteiger charge is 1.99. The van der Waals surface area contributed by atoms with Gasteiger partial charge in [0.15, 0.2) is 0 Å². The Hall–Kier alpha value is -0.440. The molecule has 0 saturated carbocycles. The van der Waals surface area contributed by atoms with Crippen molar-refractivity contribution in [1.82, 2.24) is 0 Å². The van der Waals surface area contributed by atoms with Gasteiger partial charge in [0.2, 0.25) is 0 Å². The lowest BCUT2D eigenvalue weighted by atomic mass is 10.3. The molecule has 2 nitrogen and oxygen atoms in total. The molecule has 0 aliphatic heterocycles. The van der Waals surface area contributed by atoms with E-state index < -0.39 is 5.97 Å². The molecule has 3 heteroatoms. The van der Waals surface area contributed by atoms with Crippen LogP contribution >= 0.6 is 12.9 Å². The predicted molar refractivity (Wildman–Crippen MR) is 34.5 cm³/mol. The average molecular weight is 132 g/mol. The third kappa shape index (κ3) is 2.02. The van der Waals surface area contributed by atoms with Gasteiger partial charge in [-0.15, -0.1) is 0 Å². The van der Waals surface area contributed by atoms with E-state index in [1.165, 1.54) is 0 Å². The zero-order valence-corrected chi connectivity index (χ0v) is 5.74. The second kappa shape index (κ2) is 3.55. The van der Waals surface area contributed by atoms with Crippen molar-refractivity contribution in [2.75, 3.05) is 0 Å². The Kier molecular flexibility index (Phi) is 3.35. The first kappa shape index (κ1) is 7.56. The van der Waals surface area contributed by atoms with Gasteiger partial charge in [-0.3, -0.25) is 0 Å². The van der Waals surface area contributed by atoms with Crippen LogP contribution in [0.15, 0.2) is 11.6 Å². The van der Waals surface area contributed by atoms with Gasteiger partial charge < -0.3 is 4.18 Å². The molecule has 0 atom stereocenters. The lowest BCUT2D eigenvalue weighted by molar-refractivity contribution is -0.128. The molecule has 0 aromatic carbocycles. The van der Waals surface area contributed by atoms with Gasteiger partial charge >= 0.3 is 5.97 Å². The summed E-state index contributed by atoms with van der Waals surface area (Å²) < 4.78 is 4.09. The van der Waals surface area contributed by atoms with Gasteiger partial charge in [-0.1, -0.05) is 6.08 Å². The normalized spacial score (nSPS) is 11.1. The van der Waals surface area contributed by atoms with Crippen LogP contribution in [0.2, 0.25) is 0 Å². The van der Waals surface area contributed by atoms with E-state index in [9.17, 15) is 4.79 Å². The minimum Gasteiger partial charge on any atom is -0.391 e. The van der Waals surface area contributed by atoms with Gasteiger partial charge in [-0.25, -0.2) is 4.79 Å². The molecule has 8 heavy (non-hydrogen) atoms. The van der Waals surface area contributed by atoms with Crippen LogP contribution in [0.25, 0.3) is 0 Å². The van der Waals surface area contributed by atoms with E-state index in [-0.39, 0.29) is 0 Å². The highest BCUT2D eigenvalue weighted by molar-refractivity contribution is 7.75. The Morgan fingerprint density at radius 1 is 1.75 bits per heavy atom. The van der Waals surface area contributed by atoms with Crippen LogP contribution in [0.1, 0.15) is 13.8 Å². The molecule has 46 valence electrons. The van der Waals surface area contributed by atoms with Crippen LogP contribution in [0, 0.1) is 0 Å². The third-order valence-electron chi connectivity index (χ3n) is 0.838. The molecule has 0 aliphatic carbocycles. The maximum Gasteiger partial charge on any atom is 0.345 e. The van der Waals surface area contributed by atoms with E-state index >= 15 is 0 Å². The first-order valence-electron chi connectivity index (χ1n) is 2.21. The van der Waals surface area contributed by atoms with Crippen molar-refractivity contribution in [3.8, 4) is 0 Å². The summed E-state index contributed by atoms with van der Waals surface area (Å²) in [7, 11) is 0. The number of hydrogen-bond acceptors (Lipinski definition) is 3. The lowest BCUT2D eigenvalue weighted by Gasteiger charge is -1.91. The molecule has 0 bridgehead atoms. The topological polar surface area (TPSA) is 26.3 Å². The SMILES string of the molecule is CC=C(C)C(=O)OS. The Bertz CT molecular complexity index is 118. The van der Waals surface area contributed by atoms with E-state index in [0.717, 1.165) is 0 Å². The summed E-state index contributed by atoms with van der Waals surface area (Å²) in [6, 6.07) is 0. The maximum absolute atomic E-state index is 10.4. The van der Waals surface area contributed by atoms with Crippen molar-refractivity contribution in [3.63, 3.8) is 0 Å². The van der Waals surface area contributed by atoms with Crippen LogP contribution in [0.5, 0.6) is 0 Å². The molecule has 0 amide bonds. The van der Waals surface area contributed by atoms with Crippen molar-refractivity contribution in [3.05, 3.63) is 11.6 Å². The van der Waals surface area contributed by atoms with E-state index in [4.69, 9.17) is 0 Å². The van der Waals surface area contributed by atoms with Crippen LogP contribution in [-0.4, -0.2) is 5.97 Å². The first-order valence-corrected chi connectivity index (χ1v) is 2.57. The fraction of sp³-hybridized carbons (Fsp3) is 0.400.